The Labute approximate surface area is 169 Å². The van der Waals surface area contributed by atoms with Gasteiger partial charge in [-0.3, -0.25) is 4.79 Å². The molecule has 1 atom stereocenters. The average Bonchev–Trinajstić information content (AvgIpc) is 2.75. The topological polar surface area (TPSA) is 58.1 Å². The van der Waals surface area contributed by atoms with Crippen LogP contribution in [0.4, 0.5) is 16.0 Å². The number of aryl methyl sites for hydroxylation is 1. The summed E-state index contributed by atoms with van der Waals surface area (Å²) in [6.07, 6.45) is 3.58. The Morgan fingerprint density at radius 1 is 1.17 bits per heavy atom. The van der Waals surface area contributed by atoms with Crippen molar-refractivity contribution in [2.24, 2.45) is 0 Å². The Bertz CT molecular complexity index is 1010. The molecule has 0 spiro atoms. The molecule has 1 aromatic heterocycles. The van der Waals surface area contributed by atoms with Crippen LogP contribution >= 0.6 is 0 Å². The first kappa shape index (κ1) is 19.1. The zero-order valence-electron chi connectivity index (χ0n) is 16.3. The Balaban J connectivity index is 1.48. The molecule has 6 heteroatoms. The Morgan fingerprint density at radius 3 is 2.79 bits per heavy atom. The number of hydrogen-bond acceptors (Lipinski definition) is 4. The van der Waals surface area contributed by atoms with Crippen molar-refractivity contribution in [1.29, 1.82) is 0 Å². The van der Waals surface area contributed by atoms with Gasteiger partial charge in [0.2, 0.25) is 5.95 Å². The highest BCUT2D eigenvalue weighted by Crippen LogP contribution is 2.27. The first-order valence-electron chi connectivity index (χ1n) is 9.80. The number of benzene rings is 2. The minimum atomic E-state index is -0.396. The maximum atomic E-state index is 13.5. The van der Waals surface area contributed by atoms with Crippen LogP contribution in [0.5, 0.6) is 0 Å². The minimum Gasteiger partial charge on any atom is -0.338 e. The van der Waals surface area contributed by atoms with E-state index in [0.29, 0.717) is 24.6 Å². The molecule has 148 valence electrons. The number of nitrogens with one attached hydrogen (secondary N) is 1. The van der Waals surface area contributed by atoms with Gasteiger partial charge in [0, 0.05) is 36.5 Å². The molecule has 0 bridgehead atoms. The molecule has 0 unspecified atom stereocenters. The van der Waals surface area contributed by atoms with Gasteiger partial charge in [0.15, 0.2) is 0 Å². The van der Waals surface area contributed by atoms with Gasteiger partial charge in [-0.25, -0.2) is 14.4 Å². The number of piperidine rings is 1. The van der Waals surface area contributed by atoms with Gasteiger partial charge in [0.1, 0.15) is 5.82 Å². The lowest BCUT2D eigenvalue weighted by Crippen LogP contribution is -2.39. The van der Waals surface area contributed by atoms with Gasteiger partial charge in [-0.1, -0.05) is 23.8 Å². The molecule has 4 rings (SSSR count). The van der Waals surface area contributed by atoms with Crippen LogP contribution in [0.3, 0.4) is 0 Å². The normalized spacial score (nSPS) is 16.5. The molecule has 0 radical (unpaired) electrons. The minimum absolute atomic E-state index is 0.128. The third-order valence-electron chi connectivity index (χ3n) is 5.18. The summed E-state index contributed by atoms with van der Waals surface area (Å²) < 4.78 is 13.5. The fourth-order valence-corrected chi connectivity index (χ4v) is 3.63. The first-order valence-corrected chi connectivity index (χ1v) is 9.80. The summed E-state index contributed by atoms with van der Waals surface area (Å²) in [6, 6.07) is 15.8. The number of anilines is 2. The van der Waals surface area contributed by atoms with Crippen LogP contribution in [-0.2, 0) is 0 Å². The summed E-state index contributed by atoms with van der Waals surface area (Å²) in [4.78, 5) is 23.6. The molecule has 1 aliphatic rings. The summed E-state index contributed by atoms with van der Waals surface area (Å²) in [5, 5.41) is 3.23. The van der Waals surface area contributed by atoms with E-state index in [1.807, 2.05) is 37.3 Å². The van der Waals surface area contributed by atoms with Crippen molar-refractivity contribution in [3.05, 3.63) is 83.4 Å². The van der Waals surface area contributed by atoms with Crippen LogP contribution in [0.25, 0.3) is 0 Å². The van der Waals surface area contributed by atoms with E-state index >= 15 is 0 Å². The number of likely N-dealkylation sites (tertiary alicyclic amines) is 1. The molecule has 2 aromatic carbocycles. The van der Waals surface area contributed by atoms with E-state index in [2.05, 4.69) is 15.3 Å². The number of aromatic nitrogens is 2. The van der Waals surface area contributed by atoms with Crippen molar-refractivity contribution in [3.63, 3.8) is 0 Å². The molecule has 3 aromatic rings. The van der Waals surface area contributed by atoms with Crippen LogP contribution in [0.1, 0.15) is 40.4 Å². The van der Waals surface area contributed by atoms with Crippen molar-refractivity contribution in [3.8, 4) is 0 Å². The number of carbonyl (C=O) groups is 1. The predicted octanol–water partition coefficient (Wildman–Crippen LogP) is 4.69. The van der Waals surface area contributed by atoms with E-state index in [0.717, 1.165) is 24.2 Å². The second-order valence-corrected chi connectivity index (χ2v) is 7.40. The molecular formula is C23H23FN4O. The number of carbonyl (C=O) groups excluding carboxylic acids is 1. The second-order valence-electron chi connectivity index (χ2n) is 7.40. The number of rotatable bonds is 4. The highest BCUT2D eigenvalue weighted by molar-refractivity contribution is 5.94. The Morgan fingerprint density at radius 2 is 2.00 bits per heavy atom. The van der Waals surface area contributed by atoms with E-state index < -0.39 is 5.82 Å². The van der Waals surface area contributed by atoms with Gasteiger partial charge in [0.05, 0.1) is 5.69 Å². The van der Waals surface area contributed by atoms with Crippen molar-refractivity contribution in [2.75, 3.05) is 18.4 Å². The lowest BCUT2D eigenvalue weighted by Gasteiger charge is -2.32. The molecule has 29 heavy (non-hydrogen) atoms. The van der Waals surface area contributed by atoms with E-state index in [1.165, 1.54) is 17.7 Å². The SMILES string of the molecule is Cc1ccc(Nc2nccc([C@H]3CCCN(C(=O)c4cccc(F)c4)C3)n2)cc1. The highest BCUT2D eigenvalue weighted by Gasteiger charge is 2.26. The fourth-order valence-electron chi connectivity index (χ4n) is 3.63. The number of amides is 1. The lowest BCUT2D eigenvalue weighted by atomic mass is 9.94. The molecule has 1 amide bonds. The first-order chi connectivity index (χ1) is 14.1. The monoisotopic (exact) mass is 390 g/mol. The molecule has 0 saturated carbocycles. The number of nitrogens with zero attached hydrogens (tertiary/aromatic N) is 3. The average molecular weight is 390 g/mol. The zero-order chi connectivity index (χ0) is 20.2. The van der Waals surface area contributed by atoms with Crippen LogP contribution in [-0.4, -0.2) is 33.9 Å². The quantitative estimate of drug-likeness (QED) is 0.702. The summed E-state index contributed by atoms with van der Waals surface area (Å²) in [5.74, 6) is 0.135. The van der Waals surface area contributed by atoms with Gasteiger partial charge in [-0.05, 0) is 56.2 Å². The standard InChI is InChI=1S/C23H23FN4O/c1-16-7-9-20(10-8-16)26-23-25-12-11-21(27-23)18-5-3-13-28(15-18)22(29)17-4-2-6-19(24)14-17/h2,4,6-12,14,18H,3,5,13,15H2,1H3,(H,25,26,27)/t18-/m0/s1. The van der Waals surface area contributed by atoms with Gasteiger partial charge >= 0.3 is 0 Å². The number of halogens is 1. The maximum absolute atomic E-state index is 13.5. The molecular weight excluding hydrogens is 367 g/mol. The summed E-state index contributed by atoms with van der Waals surface area (Å²) in [6.45, 7) is 3.28. The summed E-state index contributed by atoms with van der Waals surface area (Å²) >= 11 is 0. The molecule has 1 saturated heterocycles. The van der Waals surface area contributed by atoms with E-state index in [-0.39, 0.29) is 11.8 Å². The van der Waals surface area contributed by atoms with Crippen LogP contribution in [0, 0.1) is 12.7 Å². The van der Waals surface area contributed by atoms with Crippen LogP contribution in [0.15, 0.2) is 60.8 Å². The Kier molecular flexibility index (Phi) is 5.51. The zero-order valence-corrected chi connectivity index (χ0v) is 16.3. The van der Waals surface area contributed by atoms with Crippen molar-refractivity contribution < 1.29 is 9.18 Å². The van der Waals surface area contributed by atoms with Gasteiger partial charge in [-0.2, -0.15) is 0 Å². The molecule has 1 N–H and O–H groups in total. The smallest absolute Gasteiger partial charge is 0.253 e. The third kappa shape index (κ3) is 4.59. The number of hydrogen-bond donors (Lipinski definition) is 1. The van der Waals surface area contributed by atoms with E-state index in [9.17, 15) is 9.18 Å². The third-order valence-corrected chi connectivity index (χ3v) is 5.18. The van der Waals surface area contributed by atoms with Crippen LogP contribution in [0.2, 0.25) is 0 Å². The predicted molar refractivity (Wildman–Crippen MR) is 111 cm³/mol. The Hall–Kier alpha value is -3.28. The van der Waals surface area contributed by atoms with Crippen LogP contribution < -0.4 is 5.32 Å². The van der Waals surface area contributed by atoms with Gasteiger partial charge in [-0.15, -0.1) is 0 Å². The molecule has 2 heterocycles. The summed E-state index contributed by atoms with van der Waals surface area (Å²) in [7, 11) is 0. The fraction of sp³-hybridized carbons (Fsp3) is 0.261. The molecule has 1 aliphatic heterocycles. The largest absolute Gasteiger partial charge is 0.338 e. The summed E-state index contributed by atoms with van der Waals surface area (Å²) in [5.41, 5.74) is 3.41. The van der Waals surface area contributed by atoms with Gasteiger partial charge < -0.3 is 10.2 Å². The highest BCUT2D eigenvalue weighted by atomic mass is 19.1. The van der Waals surface area contributed by atoms with Crippen molar-refractivity contribution in [2.45, 2.75) is 25.7 Å². The molecule has 1 fully saturated rings. The molecule has 0 aliphatic carbocycles. The van der Waals surface area contributed by atoms with Crippen molar-refractivity contribution >= 4 is 17.5 Å². The van der Waals surface area contributed by atoms with E-state index in [4.69, 9.17) is 0 Å². The molecule has 5 nitrogen and oxygen atoms in total. The second kappa shape index (κ2) is 8.39. The maximum Gasteiger partial charge on any atom is 0.253 e. The van der Waals surface area contributed by atoms with E-state index in [1.54, 1.807) is 23.2 Å². The van der Waals surface area contributed by atoms with Crippen molar-refractivity contribution in [1.82, 2.24) is 14.9 Å². The van der Waals surface area contributed by atoms with Gasteiger partial charge in [0.25, 0.3) is 5.91 Å². The lowest BCUT2D eigenvalue weighted by molar-refractivity contribution is 0.0705.